The third-order valence-electron chi connectivity index (χ3n) is 3.33. The summed E-state index contributed by atoms with van der Waals surface area (Å²) in [6, 6.07) is 4.06. The van der Waals surface area contributed by atoms with Crippen molar-refractivity contribution < 1.29 is 4.74 Å². The van der Waals surface area contributed by atoms with Crippen LogP contribution in [-0.4, -0.2) is 33.1 Å². The lowest BCUT2D eigenvalue weighted by atomic mass is 10.1. The van der Waals surface area contributed by atoms with Gasteiger partial charge in [0, 0.05) is 32.4 Å². The molecule has 1 N–H and O–H groups in total. The Balaban J connectivity index is 1.59. The highest BCUT2D eigenvalue weighted by molar-refractivity contribution is 5.18. The van der Waals surface area contributed by atoms with E-state index in [9.17, 15) is 0 Å². The highest BCUT2D eigenvalue weighted by atomic mass is 16.5. The molecular formula is C13H17N5O. The molecule has 0 bridgehead atoms. The minimum Gasteiger partial charge on any atom is -0.375 e. The Labute approximate surface area is 111 Å². The third-order valence-corrected chi connectivity index (χ3v) is 3.33. The van der Waals surface area contributed by atoms with Crippen LogP contribution in [0.5, 0.6) is 0 Å². The molecular weight excluding hydrogens is 242 g/mol. The van der Waals surface area contributed by atoms with Gasteiger partial charge in [-0.25, -0.2) is 0 Å². The van der Waals surface area contributed by atoms with Crippen molar-refractivity contribution in [3.8, 4) is 0 Å². The zero-order chi connectivity index (χ0) is 13.1. The van der Waals surface area contributed by atoms with E-state index in [1.54, 1.807) is 6.20 Å². The van der Waals surface area contributed by atoms with E-state index < -0.39 is 0 Å². The van der Waals surface area contributed by atoms with E-state index in [0.29, 0.717) is 13.2 Å². The van der Waals surface area contributed by atoms with Crippen molar-refractivity contribution in [1.82, 2.24) is 25.3 Å². The Morgan fingerprint density at radius 1 is 1.53 bits per heavy atom. The van der Waals surface area contributed by atoms with Gasteiger partial charge in [-0.1, -0.05) is 11.3 Å². The lowest BCUT2D eigenvalue weighted by molar-refractivity contribution is 0.0956. The molecule has 0 spiro atoms. The maximum atomic E-state index is 5.75. The van der Waals surface area contributed by atoms with Crippen molar-refractivity contribution in [3.63, 3.8) is 0 Å². The largest absolute Gasteiger partial charge is 0.375 e. The molecule has 0 fully saturated rings. The number of nitrogens with one attached hydrogen (secondary N) is 1. The van der Waals surface area contributed by atoms with E-state index in [4.69, 9.17) is 4.74 Å². The fourth-order valence-electron chi connectivity index (χ4n) is 2.33. The van der Waals surface area contributed by atoms with Crippen LogP contribution in [0.25, 0.3) is 0 Å². The summed E-state index contributed by atoms with van der Waals surface area (Å²) in [4.78, 5) is 4.07. The van der Waals surface area contributed by atoms with Gasteiger partial charge in [-0.05, 0) is 11.6 Å². The van der Waals surface area contributed by atoms with E-state index in [1.165, 1.54) is 5.69 Å². The number of aryl methyl sites for hydroxylation is 1. The van der Waals surface area contributed by atoms with Crippen molar-refractivity contribution in [2.75, 3.05) is 13.2 Å². The number of hydrogen-bond acceptors (Lipinski definition) is 5. The monoisotopic (exact) mass is 259 g/mol. The Morgan fingerprint density at radius 2 is 2.47 bits per heavy atom. The normalized spacial score (nSPS) is 18.3. The van der Waals surface area contributed by atoms with Gasteiger partial charge >= 0.3 is 0 Å². The van der Waals surface area contributed by atoms with Crippen LogP contribution in [0.3, 0.4) is 0 Å². The maximum absolute atomic E-state index is 5.75. The average molecular weight is 259 g/mol. The summed E-state index contributed by atoms with van der Waals surface area (Å²) in [5.41, 5.74) is 3.30. The van der Waals surface area contributed by atoms with Gasteiger partial charge in [-0.2, -0.15) is 0 Å². The molecule has 3 rings (SSSR count). The number of rotatable bonds is 4. The van der Waals surface area contributed by atoms with Gasteiger partial charge in [0.15, 0.2) is 0 Å². The van der Waals surface area contributed by atoms with Crippen LogP contribution in [0, 0.1) is 0 Å². The molecule has 0 aromatic carbocycles. The van der Waals surface area contributed by atoms with Crippen LogP contribution in [0.1, 0.15) is 23.0 Å². The van der Waals surface area contributed by atoms with Crippen molar-refractivity contribution in [2.24, 2.45) is 7.05 Å². The smallest absolute Gasteiger partial charge is 0.105 e. The topological polar surface area (TPSA) is 64.9 Å². The highest BCUT2D eigenvalue weighted by Crippen LogP contribution is 2.20. The average Bonchev–Trinajstić information content (AvgIpc) is 2.83. The van der Waals surface area contributed by atoms with Crippen LogP contribution in [0.2, 0.25) is 0 Å². The first-order valence-corrected chi connectivity index (χ1v) is 6.43. The number of hydrogen-bond donors (Lipinski definition) is 1. The van der Waals surface area contributed by atoms with Gasteiger partial charge in [-0.15, -0.1) is 5.10 Å². The number of pyridine rings is 1. The summed E-state index contributed by atoms with van der Waals surface area (Å²) < 4.78 is 7.60. The molecule has 0 unspecified atom stereocenters. The summed E-state index contributed by atoms with van der Waals surface area (Å²) in [7, 11) is 1.94. The molecule has 2 aromatic rings. The fourth-order valence-corrected chi connectivity index (χ4v) is 2.33. The number of ether oxygens (including phenoxy) is 1. The molecule has 1 aliphatic heterocycles. The van der Waals surface area contributed by atoms with Crippen LogP contribution >= 0.6 is 0 Å². The van der Waals surface area contributed by atoms with E-state index in [1.807, 2.05) is 30.1 Å². The zero-order valence-corrected chi connectivity index (χ0v) is 10.9. The number of aromatic nitrogens is 4. The van der Waals surface area contributed by atoms with Crippen molar-refractivity contribution in [2.45, 2.75) is 19.1 Å². The summed E-state index contributed by atoms with van der Waals surface area (Å²) in [5, 5.41) is 11.7. The summed E-state index contributed by atoms with van der Waals surface area (Å²) in [6.07, 6.45) is 4.55. The third kappa shape index (κ3) is 2.64. The summed E-state index contributed by atoms with van der Waals surface area (Å²) >= 11 is 0. The van der Waals surface area contributed by atoms with Crippen LogP contribution < -0.4 is 5.32 Å². The van der Waals surface area contributed by atoms with Crippen LogP contribution in [0.4, 0.5) is 0 Å². The van der Waals surface area contributed by atoms with Crippen LogP contribution in [0.15, 0.2) is 24.5 Å². The maximum Gasteiger partial charge on any atom is 0.105 e. The van der Waals surface area contributed by atoms with E-state index in [2.05, 4.69) is 20.6 Å². The molecule has 3 heterocycles. The number of fused-ring (bicyclic) bond motifs is 1. The first-order valence-electron chi connectivity index (χ1n) is 6.43. The molecule has 2 aromatic heterocycles. The molecule has 0 saturated carbocycles. The second-order valence-corrected chi connectivity index (χ2v) is 4.68. The second kappa shape index (κ2) is 5.46. The van der Waals surface area contributed by atoms with Crippen LogP contribution in [-0.2, 0) is 24.8 Å². The predicted molar refractivity (Wildman–Crippen MR) is 69.3 cm³/mol. The molecule has 100 valence electrons. The van der Waals surface area contributed by atoms with Gasteiger partial charge in [0.2, 0.25) is 0 Å². The Bertz CT molecular complexity index is 539. The van der Waals surface area contributed by atoms with Gasteiger partial charge in [-0.3, -0.25) is 9.67 Å². The Hall–Kier alpha value is -1.79. The highest BCUT2D eigenvalue weighted by Gasteiger charge is 2.24. The Morgan fingerprint density at radius 3 is 3.32 bits per heavy atom. The van der Waals surface area contributed by atoms with Crippen molar-refractivity contribution in [3.05, 3.63) is 41.5 Å². The quantitative estimate of drug-likeness (QED) is 0.871. The Kier molecular flexibility index (Phi) is 3.52. The molecule has 19 heavy (non-hydrogen) atoms. The van der Waals surface area contributed by atoms with Gasteiger partial charge in [0.25, 0.3) is 0 Å². The van der Waals surface area contributed by atoms with E-state index >= 15 is 0 Å². The zero-order valence-electron chi connectivity index (χ0n) is 10.9. The molecule has 0 aliphatic carbocycles. The first-order chi connectivity index (χ1) is 9.34. The molecule has 1 aliphatic rings. The SMILES string of the molecule is Cn1nnc2c1CCN[C@H]2COCc1cccnc1. The predicted octanol–water partition coefficient (Wildman–Crippen LogP) is 0.614. The molecule has 6 heteroatoms. The number of nitrogens with zero attached hydrogens (tertiary/aromatic N) is 4. The lowest BCUT2D eigenvalue weighted by Gasteiger charge is -2.22. The summed E-state index contributed by atoms with van der Waals surface area (Å²) in [5.74, 6) is 0. The van der Waals surface area contributed by atoms with E-state index in [0.717, 1.165) is 24.2 Å². The van der Waals surface area contributed by atoms with Crippen molar-refractivity contribution >= 4 is 0 Å². The molecule has 0 radical (unpaired) electrons. The molecule has 0 saturated heterocycles. The van der Waals surface area contributed by atoms with E-state index in [-0.39, 0.29) is 6.04 Å². The standard InChI is InChI=1S/C13H17N5O/c1-18-12-4-6-15-11(13(12)16-17-18)9-19-8-10-3-2-5-14-7-10/h2-3,5,7,11,15H,4,6,8-9H2,1H3/t11-/m0/s1. The molecule has 1 atom stereocenters. The van der Waals surface area contributed by atoms with Crippen molar-refractivity contribution in [1.29, 1.82) is 0 Å². The summed E-state index contributed by atoms with van der Waals surface area (Å²) in [6.45, 7) is 2.11. The fraction of sp³-hybridized carbons (Fsp3) is 0.462. The molecule has 0 amide bonds. The van der Waals surface area contributed by atoms with Gasteiger partial charge in [0.1, 0.15) is 5.69 Å². The lowest BCUT2D eigenvalue weighted by Crippen LogP contribution is -2.33. The minimum atomic E-state index is 0.133. The van der Waals surface area contributed by atoms with Gasteiger partial charge in [0.05, 0.1) is 24.9 Å². The minimum absolute atomic E-state index is 0.133. The van der Waals surface area contributed by atoms with Gasteiger partial charge < -0.3 is 10.1 Å². The second-order valence-electron chi connectivity index (χ2n) is 4.68. The first kappa shape index (κ1) is 12.3. The molecule has 6 nitrogen and oxygen atoms in total.